The molecule has 3 rings (SSSR count). The first-order valence-corrected chi connectivity index (χ1v) is 9.02. The molecule has 0 radical (unpaired) electrons. The van der Waals surface area contributed by atoms with E-state index in [0.717, 1.165) is 18.4 Å². The number of thioether (sulfide) groups is 1. The third-order valence-corrected chi connectivity index (χ3v) is 5.71. The summed E-state index contributed by atoms with van der Waals surface area (Å²) in [6.45, 7) is 6.37. The van der Waals surface area contributed by atoms with Gasteiger partial charge in [-0.25, -0.2) is 0 Å². The van der Waals surface area contributed by atoms with Gasteiger partial charge in [0.25, 0.3) is 0 Å². The van der Waals surface area contributed by atoms with Crippen LogP contribution in [-0.2, 0) is 4.79 Å². The Hall–Kier alpha value is -1.74. The number of rotatable bonds is 5. The lowest BCUT2D eigenvalue weighted by Gasteiger charge is -2.19. The van der Waals surface area contributed by atoms with Crippen molar-refractivity contribution in [1.82, 2.24) is 5.32 Å². The van der Waals surface area contributed by atoms with Gasteiger partial charge in [-0.05, 0) is 50.3 Å². The molecule has 1 aliphatic rings. The quantitative estimate of drug-likeness (QED) is 0.806. The number of hydrogen-bond acceptors (Lipinski definition) is 2. The average Bonchev–Trinajstić information content (AvgIpc) is 3.31. The molecule has 0 bridgehead atoms. The molecule has 2 nitrogen and oxygen atoms in total. The standard InChI is InChI=1S/C20H23NOS/c1-13-11-14(2)18(15(3)12-13)23-19(16-7-5-4-6-8-16)20(22)21-17-9-10-17/h4-8,11-12,17,19H,9-10H2,1-3H3,(H,21,22)/t19-/m1/s1. The summed E-state index contributed by atoms with van der Waals surface area (Å²) in [5, 5.41) is 2.97. The maximum absolute atomic E-state index is 12.8. The van der Waals surface area contributed by atoms with Crippen LogP contribution in [0.15, 0.2) is 47.4 Å². The second-order valence-electron chi connectivity index (χ2n) is 6.42. The molecule has 1 amide bonds. The molecule has 1 saturated carbocycles. The van der Waals surface area contributed by atoms with Crippen molar-refractivity contribution in [2.75, 3.05) is 0 Å². The Bertz CT molecular complexity index is 684. The minimum absolute atomic E-state index is 0.128. The van der Waals surface area contributed by atoms with E-state index >= 15 is 0 Å². The fourth-order valence-corrected chi connectivity index (χ4v) is 4.07. The normalized spacial score (nSPS) is 15.3. The first-order chi connectivity index (χ1) is 11.0. The summed E-state index contributed by atoms with van der Waals surface area (Å²) in [6, 6.07) is 14.9. The van der Waals surface area contributed by atoms with Gasteiger partial charge in [0.15, 0.2) is 0 Å². The lowest BCUT2D eigenvalue weighted by molar-refractivity contribution is -0.120. The summed E-state index contributed by atoms with van der Waals surface area (Å²) in [4.78, 5) is 14.0. The highest BCUT2D eigenvalue weighted by atomic mass is 32.2. The monoisotopic (exact) mass is 325 g/mol. The number of amides is 1. The van der Waals surface area contributed by atoms with Gasteiger partial charge in [0.2, 0.25) is 5.91 Å². The van der Waals surface area contributed by atoms with Gasteiger partial charge in [0, 0.05) is 10.9 Å². The summed E-state index contributed by atoms with van der Waals surface area (Å²) in [6.07, 6.45) is 2.22. The number of aryl methyl sites for hydroxylation is 3. The van der Waals surface area contributed by atoms with Crippen molar-refractivity contribution >= 4 is 17.7 Å². The zero-order valence-electron chi connectivity index (χ0n) is 13.9. The molecule has 0 spiro atoms. The van der Waals surface area contributed by atoms with Crippen LogP contribution < -0.4 is 5.32 Å². The predicted octanol–water partition coefficient (Wildman–Crippen LogP) is 4.72. The highest BCUT2D eigenvalue weighted by Gasteiger charge is 2.29. The Morgan fingerprint density at radius 3 is 2.26 bits per heavy atom. The first kappa shape index (κ1) is 16.1. The molecule has 0 aliphatic heterocycles. The summed E-state index contributed by atoms with van der Waals surface area (Å²) in [5.41, 5.74) is 4.82. The van der Waals surface area contributed by atoms with Gasteiger partial charge in [-0.15, -0.1) is 11.8 Å². The van der Waals surface area contributed by atoms with Gasteiger partial charge in [-0.1, -0.05) is 48.0 Å². The van der Waals surface area contributed by atoms with E-state index in [1.807, 2.05) is 30.3 Å². The van der Waals surface area contributed by atoms with E-state index in [4.69, 9.17) is 0 Å². The van der Waals surface area contributed by atoms with Crippen LogP contribution >= 0.6 is 11.8 Å². The lowest BCUT2D eigenvalue weighted by Crippen LogP contribution is -2.29. The van der Waals surface area contributed by atoms with Gasteiger partial charge in [0.05, 0.1) is 0 Å². The molecule has 3 heteroatoms. The minimum atomic E-state index is -0.197. The number of hydrogen-bond donors (Lipinski definition) is 1. The van der Waals surface area contributed by atoms with Gasteiger partial charge >= 0.3 is 0 Å². The van der Waals surface area contributed by atoms with Crippen LogP contribution in [0.2, 0.25) is 0 Å². The smallest absolute Gasteiger partial charge is 0.238 e. The number of carbonyl (C=O) groups excluding carboxylic acids is 1. The summed E-state index contributed by atoms with van der Waals surface area (Å²) >= 11 is 1.67. The van der Waals surface area contributed by atoms with Crippen molar-refractivity contribution in [2.24, 2.45) is 0 Å². The third-order valence-electron chi connectivity index (χ3n) is 4.10. The van der Waals surface area contributed by atoms with E-state index in [-0.39, 0.29) is 11.2 Å². The summed E-state index contributed by atoms with van der Waals surface area (Å²) < 4.78 is 0. The maximum Gasteiger partial charge on any atom is 0.238 e. The Kier molecular flexibility index (Phi) is 4.76. The second kappa shape index (κ2) is 6.79. The number of nitrogens with one attached hydrogen (secondary N) is 1. The molecule has 0 saturated heterocycles. The third kappa shape index (κ3) is 3.97. The van der Waals surface area contributed by atoms with E-state index < -0.39 is 0 Å². The fourth-order valence-electron chi connectivity index (χ4n) is 2.88. The van der Waals surface area contributed by atoms with Crippen molar-refractivity contribution in [3.8, 4) is 0 Å². The molecule has 1 atom stereocenters. The first-order valence-electron chi connectivity index (χ1n) is 8.14. The second-order valence-corrected chi connectivity index (χ2v) is 7.53. The SMILES string of the molecule is Cc1cc(C)c(S[C@@H](C(=O)NC2CC2)c2ccccc2)c(C)c1. The predicted molar refractivity (Wildman–Crippen MR) is 96.9 cm³/mol. The number of benzene rings is 2. The largest absolute Gasteiger partial charge is 0.352 e. The van der Waals surface area contributed by atoms with Gasteiger partial charge < -0.3 is 5.32 Å². The average molecular weight is 325 g/mol. The van der Waals surface area contributed by atoms with Crippen LogP contribution in [0, 0.1) is 20.8 Å². The molecule has 1 N–H and O–H groups in total. The molecule has 0 heterocycles. The minimum Gasteiger partial charge on any atom is -0.352 e. The van der Waals surface area contributed by atoms with Crippen LogP contribution in [0.5, 0.6) is 0 Å². The summed E-state index contributed by atoms with van der Waals surface area (Å²) in [5.74, 6) is 0.128. The molecule has 0 unspecified atom stereocenters. The van der Waals surface area contributed by atoms with Crippen molar-refractivity contribution < 1.29 is 4.79 Å². The van der Waals surface area contributed by atoms with E-state index in [1.165, 1.54) is 21.6 Å². The van der Waals surface area contributed by atoms with E-state index in [9.17, 15) is 4.79 Å². The van der Waals surface area contributed by atoms with Crippen LogP contribution in [0.25, 0.3) is 0 Å². The Labute approximate surface area is 142 Å². The fraction of sp³-hybridized carbons (Fsp3) is 0.350. The zero-order chi connectivity index (χ0) is 16.4. The van der Waals surface area contributed by atoms with Gasteiger partial charge in [0.1, 0.15) is 5.25 Å². The topological polar surface area (TPSA) is 29.1 Å². The molecular weight excluding hydrogens is 302 g/mol. The van der Waals surface area contributed by atoms with Crippen molar-refractivity contribution in [1.29, 1.82) is 0 Å². The molecule has 2 aromatic rings. The highest BCUT2D eigenvalue weighted by Crippen LogP contribution is 2.39. The zero-order valence-corrected chi connectivity index (χ0v) is 14.7. The number of carbonyl (C=O) groups is 1. The van der Waals surface area contributed by atoms with Gasteiger partial charge in [-0.2, -0.15) is 0 Å². The summed E-state index contributed by atoms with van der Waals surface area (Å²) in [7, 11) is 0. The molecule has 1 aliphatic carbocycles. The van der Waals surface area contributed by atoms with Crippen LogP contribution in [0.3, 0.4) is 0 Å². The Morgan fingerprint density at radius 2 is 1.70 bits per heavy atom. The van der Waals surface area contributed by atoms with E-state index in [2.05, 4.69) is 38.2 Å². The maximum atomic E-state index is 12.8. The van der Waals surface area contributed by atoms with Crippen molar-refractivity contribution in [3.05, 3.63) is 64.7 Å². The lowest BCUT2D eigenvalue weighted by atomic mass is 10.1. The van der Waals surface area contributed by atoms with Crippen LogP contribution in [-0.4, -0.2) is 11.9 Å². The van der Waals surface area contributed by atoms with E-state index in [1.54, 1.807) is 11.8 Å². The van der Waals surface area contributed by atoms with Crippen LogP contribution in [0.1, 0.15) is 40.3 Å². The highest BCUT2D eigenvalue weighted by molar-refractivity contribution is 8.00. The molecule has 120 valence electrons. The van der Waals surface area contributed by atoms with Crippen LogP contribution in [0.4, 0.5) is 0 Å². The van der Waals surface area contributed by atoms with Crippen molar-refractivity contribution in [3.63, 3.8) is 0 Å². The van der Waals surface area contributed by atoms with E-state index in [0.29, 0.717) is 6.04 Å². The Morgan fingerprint density at radius 1 is 1.09 bits per heavy atom. The molecule has 23 heavy (non-hydrogen) atoms. The van der Waals surface area contributed by atoms with Gasteiger partial charge in [-0.3, -0.25) is 4.79 Å². The molecular formula is C20H23NOS. The molecule has 1 fully saturated rings. The molecule has 0 aromatic heterocycles. The molecule has 2 aromatic carbocycles. The Balaban J connectivity index is 1.91. The van der Waals surface area contributed by atoms with Crippen molar-refractivity contribution in [2.45, 2.75) is 49.8 Å².